The minimum atomic E-state index is -0.769. The first kappa shape index (κ1) is 12.2. The largest absolute Gasteiger partial charge is 0.508 e. The van der Waals surface area contributed by atoms with Gasteiger partial charge in [0, 0.05) is 14.2 Å². The van der Waals surface area contributed by atoms with Crippen molar-refractivity contribution in [1.29, 1.82) is 0 Å². The number of aromatic hydroxyl groups is 2. The number of benzene rings is 1. The molecule has 1 aromatic rings. The highest BCUT2D eigenvalue weighted by Gasteiger charge is 2.12. The zero-order valence-electron chi connectivity index (χ0n) is 7.80. The lowest BCUT2D eigenvalue weighted by atomic mass is 10.3. The summed E-state index contributed by atoms with van der Waals surface area (Å²) in [6, 6.07) is 3.12. The van der Waals surface area contributed by atoms with Gasteiger partial charge in [0.05, 0.1) is 11.0 Å². The summed E-state index contributed by atoms with van der Waals surface area (Å²) in [7, 11) is 3.25. The molecule has 0 amide bonds. The van der Waals surface area contributed by atoms with Crippen LogP contribution >= 0.6 is 0 Å². The first-order chi connectivity index (χ1) is 6.52. The normalized spacial score (nSPS) is 8.71. The molecule has 0 bridgehead atoms. The van der Waals surface area contributed by atoms with Gasteiger partial charge < -0.3 is 14.9 Å². The number of hydrogen-bond donors (Lipinski definition) is 2. The van der Waals surface area contributed by atoms with E-state index in [1.54, 1.807) is 14.2 Å². The van der Waals surface area contributed by atoms with Gasteiger partial charge in [0.2, 0.25) is 0 Å². The monoisotopic (exact) mass is 201 g/mol. The second-order valence-corrected chi connectivity index (χ2v) is 2.34. The first-order valence-corrected chi connectivity index (χ1v) is 3.59. The summed E-state index contributed by atoms with van der Waals surface area (Å²) in [5, 5.41) is 27.7. The van der Waals surface area contributed by atoms with Crippen LogP contribution in [0.3, 0.4) is 0 Å². The van der Waals surface area contributed by atoms with Gasteiger partial charge in [0.25, 0.3) is 0 Å². The molecule has 78 valence electrons. The molecule has 0 aliphatic carbocycles. The molecule has 0 spiro atoms. The highest BCUT2D eigenvalue weighted by Crippen LogP contribution is 2.28. The maximum atomic E-state index is 10.1. The van der Waals surface area contributed by atoms with E-state index in [-0.39, 0.29) is 5.75 Å². The Morgan fingerprint density at radius 2 is 1.86 bits per heavy atom. The number of nitrogens with zero attached hydrogens (tertiary/aromatic N) is 1. The van der Waals surface area contributed by atoms with E-state index in [9.17, 15) is 10.1 Å². The lowest BCUT2D eigenvalue weighted by Gasteiger charge is -1.94. The van der Waals surface area contributed by atoms with Crippen LogP contribution in [0.15, 0.2) is 18.2 Å². The Kier molecular flexibility index (Phi) is 5.01. The molecule has 0 radical (unpaired) electrons. The van der Waals surface area contributed by atoms with Crippen molar-refractivity contribution >= 4 is 5.69 Å². The SMILES string of the molecule is COC.O=[N+]([O-])c1cc(O)ccc1O. The fourth-order valence-corrected chi connectivity index (χ4v) is 0.658. The lowest BCUT2D eigenvalue weighted by Crippen LogP contribution is -1.87. The van der Waals surface area contributed by atoms with Crippen LogP contribution in [0.1, 0.15) is 0 Å². The Bertz CT molecular complexity index is 313. The van der Waals surface area contributed by atoms with Gasteiger partial charge in [-0.2, -0.15) is 0 Å². The van der Waals surface area contributed by atoms with Crippen molar-refractivity contribution in [2.45, 2.75) is 0 Å². The highest BCUT2D eigenvalue weighted by molar-refractivity contribution is 5.49. The smallest absolute Gasteiger partial charge is 0.314 e. The van der Waals surface area contributed by atoms with Crippen LogP contribution in [-0.4, -0.2) is 29.4 Å². The van der Waals surface area contributed by atoms with Crippen LogP contribution in [-0.2, 0) is 4.74 Å². The molecule has 1 aromatic carbocycles. The van der Waals surface area contributed by atoms with E-state index in [0.29, 0.717) is 0 Å². The molecule has 0 aliphatic rings. The van der Waals surface area contributed by atoms with E-state index < -0.39 is 16.4 Å². The first-order valence-electron chi connectivity index (χ1n) is 3.59. The van der Waals surface area contributed by atoms with E-state index >= 15 is 0 Å². The Morgan fingerprint density at radius 3 is 2.21 bits per heavy atom. The van der Waals surface area contributed by atoms with E-state index in [1.807, 2.05) is 0 Å². The van der Waals surface area contributed by atoms with Crippen LogP contribution in [0, 0.1) is 10.1 Å². The van der Waals surface area contributed by atoms with Crippen molar-refractivity contribution in [2.24, 2.45) is 0 Å². The number of methoxy groups -OCH3 is 1. The molecule has 0 fully saturated rings. The topological polar surface area (TPSA) is 92.8 Å². The zero-order valence-corrected chi connectivity index (χ0v) is 7.80. The Morgan fingerprint density at radius 1 is 1.36 bits per heavy atom. The number of nitro groups is 1. The van der Waals surface area contributed by atoms with E-state index in [0.717, 1.165) is 12.1 Å². The quantitative estimate of drug-likeness (QED) is 0.405. The third kappa shape index (κ3) is 3.72. The maximum absolute atomic E-state index is 10.1. The Balaban J connectivity index is 0.000000500. The molecule has 0 unspecified atom stereocenters. The minimum Gasteiger partial charge on any atom is -0.508 e. The number of phenols is 2. The Labute approximate surface area is 80.5 Å². The van der Waals surface area contributed by atoms with Crippen molar-refractivity contribution in [3.05, 3.63) is 28.3 Å². The predicted octanol–water partition coefficient (Wildman–Crippen LogP) is 1.27. The van der Waals surface area contributed by atoms with Gasteiger partial charge >= 0.3 is 5.69 Å². The average Bonchev–Trinajstić information content (AvgIpc) is 2.10. The summed E-state index contributed by atoms with van der Waals surface area (Å²) >= 11 is 0. The molecule has 0 saturated carbocycles. The highest BCUT2D eigenvalue weighted by atomic mass is 16.6. The van der Waals surface area contributed by atoms with Gasteiger partial charge in [-0.3, -0.25) is 10.1 Å². The zero-order chi connectivity index (χ0) is 11.1. The summed E-state index contributed by atoms with van der Waals surface area (Å²) in [6.07, 6.45) is 0. The number of rotatable bonds is 1. The molecular formula is C8H11NO5. The minimum absolute atomic E-state index is 0.241. The molecule has 14 heavy (non-hydrogen) atoms. The van der Waals surface area contributed by atoms with Crippen LogP contribution < -0.4 is 0 Å². The van der Waals surface area contributed by atoms with Gasteiger partial charge in [-0.05, 0) is 12.1 Å². The number of hydrogen-bond acceptors (Lipinski definition) is 5. The molecule has 0 heterocycles. The molecule has 0 aromatic heterocycles. The van der Waals surface area contributed by atoms with E-state index in [1.165, 1.54) is 6.07 Å². The van der Waals surface area contributed by atoms with Gasteiger partial charge in [0.15, 0.2) is 5.75 Å². The van der Waals surface area contributed by atoms with Crippen molar-refractivity contribution in [2.75, 3.05) is 14.2 Å². The summed E-state index contributed by atoms with van der Waals surface area (Å²) in [6.45, 7) is 0. The van der Waals surface area contributed by atoms with Crippen LogP contribution in [0.2, 0.25) is 0 Å². The molecule has 0 saturated heterocycles. The summed E-state index contributed by atoms with van der Waals surface area (Å²) in [5.41, 5.74) is -0.495. The maximum Gasteiger partial charge on any atom is 0.314 e. The van der Waals surface area contributed by atoms with Crippen molar-refractivity contribution in [3.63, 3.8) is 0 Å². The van der Waals surface area contributed by atoms with E-state index in [4.69, 9.17) is 10.2 Å². The predicted molar refractivity (Wildman–Crippen MR) is 49.4 cm³/mol. The van der Waals surface area contributed by atoms with Crippen LogP contribution in [0.4, 0.5) is 5.69 Å². The Hall–Kier alpha value is -1.82. The van der Waals surface area contributed by atoms with Crippen LogP contribution in [0.25, 0.3) is 0 Å². The van der Waals surface area contributed by atoms with E-state index in [2.05, 4.69) is 4.74 Å². The summed E-state index contributed by atoms with van der Waals surface area (Å²) in [5.74, 6) is -0.692. The van der Waals surface area contributed by atoms with Gasteiger partial charge in [-0.1, -0.05) is 0 Å². The fraction of sp³-hybridized carbons (Fsp3) is 0.250. The lowest BCUT2D eigenvalue weighted by molar-refractivity contribution is -0.385. The second-order valence-electron chi connectivity index (χ2n) is 2.34. The number of nitro benzene ring substituents is 1. The molecule has 0 atom stereocenters. The van der Waals surface area contributed by atoms with Gasteiger partial charge in [-0.25, -0.2) is 0 Å². The van der Waals surface area contributed by atoms with Gasteiger partial charge in [0.1, 0.15) is 5.75 Å². The van der Waals surface area contributed by atoms with Crippen molar-refractivity contribution in [3.8, 4) is 11.5 Å². The third-order valence-electron chi connectivity index (χ3n) is 1.16. The van der Waals surface area contributed by atoms with Crippen molar-refractivity contribution < 1.29 is 19.9 Å². The average molecular weight is 201 g/mol. The molecule has 6 nitrogen and oxygen atoms in total. The van der Waals surface area contributed by atoms with Crippen molar-refractivity contribution in [1.82, 2.24) is 0 Å². The molecule has 2 N–H and O–H groups in total. The number of ether oxygens (including phenoxy) is 1. The fourth-order valence-electron chi connectivity index (χ4n) is 0.658. The molecule has 6 heteroatoms. The van der Waals surface area contributed by atoms with Gasteiger partial charge in [-0.15, -0.1) is 0 Å². The summed E-state index contributed by atoms with van der Waals surface area (Å²) < 4.78 is 4.25. The third-order valence-corrected chi connectivity index (χ3v) is 1.16. The molecule has 1 rings (SSSR count). The van der Waals surface area contributed by atoms with Crippen LogP contribution in [0.5, 0.6) is 11.5 Å². The second kappa shape index (κ2) is 5.76. The summed E-state index contributed by atoms with van der Waals surface area (Å²) in [4.78, 5) is 9.34. The number of phenolic OH excluding ortho intramolecular Hbond substituents is 2. The standard InChI is InChI=1S/C6H5NO4.C2H6O/c8-4-1-2-6(9)5(3-4)7(10)11;1-3-2/h1-3,8-9H;1-2H3. The molecule has 0 aliphatic heterocycles. The molecular weight excluding hydrogens is 190 g/mol.